The van der Waals surface area contributed by atoms with Crippen LogP contribution in [0.1, 0.15) is 25.0 Å². The van der Waals surface area contributed by atoms with Crippen LogP contribution in [0.5, 0.6) is 0 Å². The van der Waals surface area contributed by atoms with Crippen molar-refractivity contribution in [2.45, 2.75) is 37.8 Å². The van der Waals surface area contributed by atoms with Crippen molar-refractivity contribution in [3.63, 3.8) is 0 Å². The largest absolute Gasteiger partial charge is 0.378 e. The Morgan fingerprint density at radius 3 is 2.79 bits per heavy atom. The van der Waals surface area contributed by atoms with E-state index < -0.39 is 0 Å². The molecule has 2 aromatic rings. The Hall–Kier alpha value is -2.45. The lowest BCUT2D eigenvalue weighted by molar-refractivity contribution is -0.136. The Labute approximate surface area is 170 Å². The number of aromatic amines is 1. The van der Waals surface area contributed by atoms with E-state index in [1.54, 1.807) is 0 Å². The number of likely N-dealkylation sites (tertiary alicyclic amines) is 1. The van der Waals surface area contributed by atoms with Crippen molar-refractivity contribution in [2.24, 2.45) is 0 Å². The van der Waals surface area contributed by atoms with Crippen molar-refractivity contribution < 1.29 is 14.3 Å². The van der Waals surface area contributed by atoms with Gasteiger partial charge in [0.2, 0.25) is 11.8 Å². The van der Waals surface area contributed by atoms with Gasteiger partial charge in [-0.25, -0.2) is 0 Å². The molecule has 2 aliphatic rings. The number of amides is 2. The number of aromatic nitrogens is 2. The molecule has 0 unspecified atom stereocenters. The molecule has 156 valence electrons. The van der Waals surface area contributed by atoms with Gasteiger partial charge in [-0.05, 0) is 26.0 Å². The standard InChI is InChI=1S/C21H29N5O3/c1-25-15(12-21(28)26-8-10-29-11-9-26)6-7-16(25)14-22-20(27)13-19-17-4-2-3-5-18(17)23-24-19/h2-5,15-16H,6-14H2,1H3,(H,22,27)(H,23,24)/t15-,16+/m1/s1. The summed E-state index contributed by atoms with van der Waals surface area (Å²) in [6.45, 7) is 3.25. The zero-order chi connectivity index (χ0) is 20.2. The molecule has 4 rings (SSSR count). The molecular formula is C21H29N5O3. The first-order valence-electron chi connectivity index (χ1n) is 10.4. The van der Waals surface area contributed by atoms with E-state index in [1.807, 2.05) is 29.2 Å². The molecule has 0 bridgehead atoms. The van der Waals surface area contributed by atoms with E-state index >= 15 is 0 Å². The van der Waals surface area contributed by atoms with Crippen LogP contribution in [0.4, 0.5) is 0 Å². The van der Waals surface area contributed by atoms with Gasteiger partial charge in [0.05, 0.1) is 30.8 Å². The molecule has 3 heterocycles. The Kier molecular flexibility index (Phi) is 6.10. The molecule has 2 aliphatic heterocycles. The smallest absolute Gasteiger partial charge is 0.226 e. The molecule has 0 saturated carbocycles. The summed E-state index contributed by atoms with van der Waals surface area (Å²) in [5.41, 5.74) is 1.71. The molecule has 0 aliphatic carbocycles. The van der Waals surface area contributed by atoms with Crippen LogP contribution in [-0.4, -0.2) is 83.8 Å². The van der Waals surface area contributed by atoms with Crippen LogP contribution in [0.2, 0.25) is 0 Å². The zero-order valence-electron chi connectivity index (χ0n) is 16.9. The van der Waals surface area contributed by atoms with Crippen LogP contribution in [0.3, 0.4) is 0 Å². The summed E-state index contributed by atoms with van der Waals surface area (Å²) in [7, 11) is 2.06. The molecule has 2 amide bonds. The highest BCUT2D eigenvalue weighted by molar-refractivity contribution is 5.87. The maximum Gasteiger partial charge on any atom is 0.226 e. The number of morpholine rings is 1. The molecule has 2 saturated heterocycles. The second-order valence-corrected chi connectivity index (χ2v) is 7.95. The Morgan fingerprint density at radius 2 is 1.97 bits per heavy atom. The molecule has 29 heavy (non-hydrogen) atoms. The van der Waals surface area contributed by atoms with Crippen LogP contribution in [0.15, 0.2) is 24.3 Å². The van der Waals surface area contributed by atoms with Gasteiger partial charge in [-0.1, -0.05) is 18.2 Å². The minimum Gasteiger partial charge on any atom is -0.378 e. The highest BCUT2D eigenvalue weighted by Gasteiger charge is 2.33. The number of nitrogens with one attached hydrogen (secondary N) is 2. The average molecular weight is 399 g/mol. The second-order valence-electron chi connectivity index (χ2n) is 7.95. The number of ether oxygens (including phenoxy) is 1. The third-order valence-corrected chi connectivity index (χ3v) is 6.17. The Morgan fingerprint density at radius 1 is 1.21 bits per heavy atom. The van der Waals surface area contributed by atoms with E-state index in [0.717, 1.165) is 29.4 Å². The maximum absolute atomic E-state index is 12.5. The van der Waals surface area contributed by atoms with E-state index in [4.69, 9.17) is 4.74 Å². The number of hydrogen-bond donors (Lipinski definition) is 2. The topological polar surface area (TPSA) is 90.6 Å². The minimum atomic E-state index is -0.0133. The summed E-state index contributed by atoms with van der Waals surface area (Å²) in [6.07, 6.45) is 2.81. The van der Waals surface area contributed by atoms with Gasteiger partial charge in [0.25, 0.3) is 0 Å². The normalized spacial score (nSPS) is 22.9. The highest BCUT2D eigenvalue weighted by atomic mass is 16.5. The summed E-state index contributed by atoms with van der Waals surface area (Å²) in [5, 5.41) is 11.3. The molecule has 2 atom stereocenters. The van der Waals surface area contributed by atoms with E-state index in [1.165, 1.54) is 0 Å². The first kappa shape index (κ1) is 19.8. The number of para-hydroxylation sites is 1. The fraction of sp³-hybridized carbons (Fsp3) is 0.571. The predicted octanol–water partition coefficient (Wildman–Crippen LogP) is 0.933. The molecule has 1 aromatic carbocycles. The lowest BCUT2D eigenvalue weighted by Crippen LogP contribution is -2.45. The first-order valence-corrected chi connectivity index (χ1v) is 10.4. The van der Waals surface area contributed by atoms with Gasteiger partial charge in [-0.15, -0.1) is 0 Å². The number of fused-ring (bicyclic) bond motifs is 1. The van der Waals surface area contributed by atoms with E-state index in [9.17, 15) is 9.59 Å². The molecular weight excluding hydrogens is 370 g/mol. The van der Waals surface area contributed by atoms with Gasteiger partial charge < -0.3 is 15.0 Å². The van der Waals surface area contributed by atoms with Crippen LogP contribution < -0.4 is 5.32 Å². The van der Waals surface area contributed by atoms with Crippen molar-refractivity contribution >= 4 is 22.7 Å². The quantitative estimate of drug-likeness (QED) is 0.754. The van der Waals surface area contributed by atoms with Crippen LogP contribution in [-0.2, 0) is 20.7 Å². The summed E-state index contributed by atoms with van der Waals surface area (Å²) in [6, 6.07) is 8.29. The average Bonchev–Trinajstić information content (AvgIpc) is 3.31. The molecule has 2 fully saturated rings. The lowest BCUT2D eigenvalue weighted by atomic mass is 10.1. The van der Waals surface area contributed by atoms with Gasteiger partial charge in [-0.2, -0.15) is 5.10 Å². The van der Waals surface area contributed by atoms with E-state index in [0.29, 0.717) is 39.3 Å². The lowest BCUT2D eigenvalue weighted by Gasteiger charge is -2.30. The third kappa shape index (κ3) is 4.59. The third-order valence-electron chi connectivity index (χ3n) is 6.17. The number of nitrogens with zero attached hydrogens (tertiary/aromatic N) is 3. The van der Waals surface area contributed by atoms with Crippen molar-refractivity contribution in [1.29, 1.82) is 0 Å². The van der Waals surface area contributed by atoms with Crippen molar-refractivity contribution in [1.82, 2.24) is 25.3 Å². The number of rotatable bonds is 6. The van der Waals surface area contributed by atoms with Crippen LogP contribution >= 0.6 is 0 Å². The number of hydrogen-bond acceptors (Lipinski definition) is 5. The van der Waals surface area contributed by atoms with Crippen LogP contribution in [0, 0.1) is 0 Å². The number of benzene rings is 1. The molecule has 0 radical (unpaired) electrons. The monoisotopic (exact) mass is 399 g/mol. The van der Waals surface area contributed by atoms with Crippen molar-refractivity contribution in [2.75, 3.05) is 39.9 Å². The Balaban J connectivity index is 1.24. The van der Waals surface area contributed by atoms with Gasteiger partial charge in [0.1, 0.15) is 0 Å². The maximum atomic E-state index is 12.5. The highest BCUT2D eigenvalue weighted by Crippen LogP contribution is 2.25. The molecule has 1 aromatic heterocycles. The fourth-order valence-corrected chi connectivity index (χ4v) is 4.33. The van der Waals surface area contributed by atoms with Gasteiger partial charge in [0, 0.05) is 43.5 Å². The number of likely N-dealkylation sites (N-methyl/N-ethyl adjacent to an activating group) is 1. The van der Waals surface area contributed by atoms with Gasteiger partial charge >= 0.3 is 0 Å². The molecule has 8 heteroatoms. The molecule has 0 spiro atoms. The zero-order valence-corrected chi connectivity index (χ0v) is 16.9. The Bertz CT molecular complexity index is 861. The fourth-order valence-electron chi connectivity index (χ4n) is 4.33. The molecule has 2 N–H and O–H groups in total. The summed E-state index contributed by atoms with van der Waals surface area (Å²) >= 11 is 0. The van der Waals surface area contributed by atoms with E-state index in [-0.39, 0.29) is 30.3 Å². The minimum absolute atomic E-state index is 0.0133. The number of carbonyl (C=O) groups is 2. The predicted molar refractivity (Wildman–Crippen MR) is 109 cm³/mol. The van der Waals surface area contributed by atoms with Gasteiger partial charge in [0.15, 0.2) is 0 Å². The second kappa shape index (κ2) is 8.92. The van der Waals surface area contributed by atoms with Crippen molar-refractivity contribution in [3.8, 4) is 0 Å². The SMILES string of the molecule is CN1[C@@H](CC(=O)N2CCOCC2)CC[C@H]1CNC(=O)Cc1[nH]nc2ccccc12. The first-order chi connectivity index (χ1) is 14.1. The summed E-state index contributed by atoms with van der Waals surface area (Å²) in [4.78, 5) is 29.1. The summed E-state index contributed by atoms with van der Waals surface area (Å²) < 4.78 is 5.32. The number of carbonyl (C=O) groups excluding carboxylic acids is 2. The van der Waals surface area contributed by atoms with Crippen LogP contribution in [0.25, 0.3) is 10.9 Å². The van der Waals surface area contributed by atoms with Crippen molar-refractivity contribution in [3.05, 3.63) is 30.0 Å². The van der Waals surface area contributed by atoms with E-state index in [2.05, 4.69) is 27.5 Å². The number of H-pyrrole nitrogens is 1. The molecule has 8 nitrogen and oxygen atoms in total. The van der Waals surface area contributed by atoms with Gasteiger partial charge in [-0.3, -0.25) is 19.6 Å². The summed E-state index contributed by atoms with van der Waals surface area (Å²) in [5.74, 6) is 0.196.